The Balaban J connectivity index is 1.70. The van der Waals surface area contributed by atoms with Gasteiger partial charge in [-0.25, -0.2) is 0 Å². The number of anilines is 1. The van der Waals surface area contributed by atoms with Crippen LogP contribution in [-0.2, 0) is 4.79 Å². The lowest BCUT2D eigenvalue weighted by atomic mass is 9.99. The summed E-state index contributed by atoms with van der Waals surface area (Å²) in [4.78, 5) is 16.9. The number of carbonyl (C=O) groups is 1. The average molecular weight is 389 g/mol. The lowest BCUT2D eigenvalue weighted by molar-refractivity contribution is -0.126. The minimum atomic E-state index is -0.195. The molecule has 1 aliphatic heterocycles. The molecule has 1 fully saturated rings. The fourth-order valence-corrected chi connectivity index (χ4v) is 3.57. The van der Waals surface area contributed by atoms with Gasteiger partial charge < -0.3 is 14.5 Å². The minimum Gasteiger partial charge on any atom is -0.497 e. The highest BCUT2D eigenvalue weighted by molar-refractivity contribution is 6.02. The van der Waals surface area contributed by atoms with E-state index < -0.39 is 0 Å². The van der Waals surface area contributed by atoms with Crippen molar-refractivity contribution in [3.63, 3.8) is 0 Å². The van der Waals surface area contributed by atoms with Crippen LogP contribution in [-0.4, -0.2) is 44.1 Å². The standard InChI is InChI=1S/C24H27N3O2/c1-17-13-19(3)20(14-18(17)2)15-21(16-25)24(28)27-11-9-26(10-12-27)22-5-7-23(29-4)8-6-22/h5-8,13-15H,9-12H2,1-4H3/b21-15+. The van der Waals surface area contributed by atoms with Crippen LogP contribution in [0.5, 0.6) is 5.75 Å². The Hall–Kier alpha value is -3.26. The van der Waals surface area contributed by atoms with Crippen LogP contribution in [0, 0.1) is 32.1 Å². The maximum Gasteiger partial charge on any atom is 0.264 e. The maximum absolute atomic E-state index is 12.9. The van der Waals surface area contributed by atoms with Gasteiger partial charge in [0.25, 0.3) is 5.91 Å². The fraction of sp³-hybridized carbons (Fsp3) is 0.333. The SMILES string of the molecule is COc1ccc(N2CCN(C(=O)/C(C#N)=C/c3cc(C)c(C)cc3C)CC2)cc1. The number of carbonyl (C=O) groups excluding carboxylic acids is 1. The van der Waals surface area contributed by atoms with E-state index in [1.54, 1.807) is 18.1 Å². The van der Waals surface area contributed by atoms with Crippen LogP contribution >= 0.6 is 0 Å². The van der Waals surface area contributed by atoms with Crippen molar-refractivity contribution in [3.05, 3.63) is 64.2 Å². The molecule has 0 saturated carbocycles. The molecule has 2 aromatic rings. The Morgan fingerprint density at radius 1 is 1.00 bits per heavy atom. The number of methoxy groups -OCH3 is 1. The quantitative estimate of drug-likeness (QED) is 0.588. The first-order chi connectivity index (χ1) is 13.9. The second-order valence-electron chi connectivity index (χ2n) is 7.44. The highest BCUT2D eigenvalue weighted by Gasteiger charge is 2.24. The van der Waals surface area contributed by atoms with Crippen LogP contribution in [0.1, 0.15) is 22.3 Å². The molecule has 5 heteroatoms. The van der Waals surface area contributed by atoms with E-state index in [2.05, 4.69) is 24.0 Å². The van der Waals surface area contributed by atoms with Crippen molar-refractivity contribution in [1.82, 2.24) is 4.90 Å². The summed E-state index contributed by atoms with van der Waals surface area (Å²) < 4.78 is 5.21. The summed E-state index contributed by atoms with van der Waals surface area (Å²) >= 11 is 0. The second-order valence-corrected chi connectivity index (χ2v) is 7.44. The van der Waals surface area contributed by atoms with Gasteiger partial charge in [-0.15, -0.1) is 0 Å². The average Bonchev–Trinajstić information content (AvgIpc) is 2.75. The molecule has 0 bridgehead atoms. The van der Waals surface area contributed by atoms with Crippen molar-refractivity contribution in [3.8, 4) is 11.8 Å². The molecular formula is C24H27N3O2. The molecule has 150 valence electrons. The van der Waals surface area contributed by atoms with Crippen molar-refractivity contribution >= 4 is 17.7 Å². The van der Waals surface area contributed by atoms with Gasteiger partial charge in [0.05, 0.1) is 7.11 Å². The van der Waals surface area contributed by atoms with Crippen LogP contribution in [0.2, 0.25) is 0 Å². The molecule has 29 heavy (non-hydrogen) atoms. The molecule has 0 spiro atoms. The van der Waals surface area contributed by atoms with E-state index in [9.17, 15) is 10.1 Å². The van der Waals surface area contributed by atoms with E-state index in [0.717, 1.165) is 41.2 Å². The van der Waals surface area contributed by atoms with Gasteiger partial charge in [-0.2, -0.15) is 5.26 Å². The molecule has 1 aliphatic rings. The Morgan fingerprint density at radius 2 is 1.62 bits per heavy atom. The number of hydrogen-bond acceptors (Lipinski definition) is 4. The minimum absolute atomic E-state index is 0.189. The highest BCUT2D eigenvalue weighted by atomic mass is 16.5. The van der Waals surface area contributed by atoms with Gasteiger partial charge in [0.2, 0.25) is 0 Å². The summed E-state index contributed by atoms with van der Waals surface area (Å²) in [6, 6.07) is 14.2. The zero-order valence-corrected chi connectivity index (χ0v) is 17.5. The summed E-state index contributed by atoms with van der Waals surface area (Å²) in [7, 11) is 1.65. The van der Waals surface area contributed by atoms with Crippen molar-refractivity contribution in [2.45, 2.75) is 20.8 Å². The monoisotopic (exact) mass is 389 g/mol. The number of ether oxygens (including phenoxy) is 1. The Bertz CT molecular complexity index is 963. The first-order valence-corrected chi connectivity index (χ1v) is 9.81. The number of nitrogens with zero attached hydrogens (tertiary/aromatic N) is 3. The molecule has 0 atom stereocenters. The normalized spacial score (nSPS) is 14.5. The summed E-state index contributed by atoms with van der Waals surface area (Å²) in [6.07, 6.45) is 1.72. The van der Waals surface area contributed by atoms with Crippen LogP contribution in [0.15, 0.2) is 42.0 Å². The van der Waals surface area contributed by atoms with Crippen LogP contribution in [0.4, 0.5) is 5.69 Å². The summed E-state index contributed by atoms with van der Waals surface area (Å²) in [5.41, 5.74) is 5.65. The third-order valence-corrected chi connectivity index (χ3v) is 5.54. The molecule has 1 heterocycles. The number of amides is 1. The van der Waals surface area contributed by atoms with Gasteiger partial charge >= 0.3 is 0 Å². The molecule has 0 aromatic heterocycles. The Morgan fingerprint density at radius 3 is 2.21 bits per heavy atom. The van der Waals surface area contributed by atoms with Gasteiger partial charge in [-0.3, -0.25) is 4.79 Å². The van der Waals surface area contributed by atoms with Crippen molar-refractivity contribution in [2.24, 2.45) is 0 Å². The largest absolute Gasteiger partial charge is 0.497 e. The smallest absolute Gasteiger partial charge is 0.264 e. The van der Waals surface area contributed by atoms with E-state index in [-0.39, 0.29) is 11.5 Å². The first kappa shape index (κ1) is 20.5. The number of hydrogen-bond donors (Lipinski definition) is 0. The lowest BCUT2D eigenvalue weighted by Gasteiger charge is -2.36. The molecule has 3 rings (SSSR count). The first-order valence-electron chi connectivity index (χ1n) is 9.81. The number of rotatable bonds is 4. The van der Waals surface area contributed by atoms with E-state index in [4.69, 9.17) is 4.74 Å². The fourth-order valence-electron chi connectivity index (χ4n) is 3.57. The second kappa shape index (κ2) is 8.83. The number of nitriles is 1. The predicted molar refractivity (Wildman–Crippen MR) is 116 cm³/mol. The van der Waals surface area contributed by atoms with Crippen molar-refractivity contribution in [1.29, 1.82) is 5.26 Å². The molecule has 1 saturated heterocycles. The number of aryl methyl sites for hydroxylation is 3. The van der Waals surface area contributed by atoms with Crippen molar-refractivity contribution in [2.75, 3.05) is 38.2 Å². The molecule has 1 amide bonds. The zero-order valence-electron chi connectivity index (χ0n) is 17.5. The van der Waals surface area contributed by atoms with Crippen LogP contribution < -0.4 is 9.64 Å². The van der Waals surface area contributed by atoms with Crippen LogP contribution in [0.3, 0.4) is 0 Å². The van der Waals surface area contributed by atoms with E-state index in [1.165, 1.54) is 5.56 Å². The molecule has 0 aliphatic carbocycles. The molecule has 0 N–H and O–H groups in total. The number of piperazine rings is 1. The summed E-state index contributed by atoms with van der Waals surface area (Å²) in [5, 5.41) is 9.59. The third kappa shape index (κ3) is 4.60. The third-order valence-electron chi connectivity index (χ3n) is 5.54. The van der Waals surface area contributed by atoms with Crippen molar-refractivity contribution < 1.29 is 9.53 Å². The highest BCUT2D eigenvalue weighted by Crippen LogP contribution is 2.22. The lowest BCUT2D eigenvalue weighted by Crippen LogP contribution is -2.49. The van der Waals surface area contributed by atoms with E-state index >= 15 is 0 Å². The topological polar surface area (TPSA) is 56.6 Å². The Labute approximate surface area is 172 Å². The van der Waals surface area contributed by atoms with E-state index in [1.807, 2.05) is 44.2 Å². The van der Waals surface area contributed by atoms with E-state index in [0.29, 0.717) is 13.1 Å². The number of benzene rings is 2. The van der Waals surface area contributed by atoms with Crippen LogP contribution in [0.25, 0.3) is 6.08 Å². The summed E-state index contributed by atoms with van der Waals surface area (Å²) in [6.45, 7) is 8.77. The van der Waals surface area contributed by atoms with Gasteiger partial charge in [-0.1, -0.05) is 12.1 Å². The van der Waals surface area contributed by atoms with Gasteiger partial charge in [-0.05, 0) is 73.4 Å². The predicted octanol–water partition coefficient (Wildman–Crippen LogP) is 3.88. The molecule has 0 unspecified atom stereocenters. The molecule has 0 radical (unpaired) electrons. The maximum atomic E-state index is 12.9. The molecule has 2 aromatic carbocycles. The van der Waals surface area contributed by atoms with Gasteiger partial charge in [0.15, 0.2) is 0 Å². The molecule has 5 nitrogen and oxygen atoms in total. The molecular weight excluding hydrogens is 362 g/mol. The zero-order chi connectivity index (χ0) is 21.0. The van der Waals surface area contributed by atoms with Gasteiger partial charge in [0, 0.05) is 31.9 Å². The Kier molecular flexibility index (Phi) is 6.23. The summed E-state index contributed by atoms with van der Waals surface area (Å²) in [5.74, 6) is 0.632. The van der Waals surface area contributed by atoms with Gasteiger partial charge in [0.1, 0.15) is 17.4 Å².